The summed E-state index contributed by atoms with van der Waals surface area (Å²) in [5.41, 5.74) is 13.2. The number of aryl methyl sites for hydroxylation is 1. The largest absolute Gasteiger partial charge is 0.296 e. The molecule has 9 rings (SSSR count). The Kier molecular flexibility index (Phi) is 7.55. The first-order chi connectivity index (χ1) is 24.8. The number of nitrogens with zero attached hydrogens (tertiary/aromatic N) is 2. The monoisotopic (exact) mass is 640 g/mol. The Bertz CT molecular complexity index is 2550. The summed E-state index contributed by atoms with van der Waals surface area (Å²) in [5.74, 6) is 1.11. The van der Waals surface area contributed by atoms with Gasteiger partial charge < -0.3 is 0 Å². The van der Waals surface area contributed by atoms with Crippen LogP contribution in [0.4, 0.5) is 0 Å². The van der Waals surface area contributed by atoms with Crippen molar-refractivity contribution < 1.29 is 0 Å². The van der Waals surface area contributed by atoms with Gasteiger partial charge in [0.25, 0.3) is 0 Å². The number of rotatable bonds is 7. The summed E-state index contributed by atoms with van der Waals surface area (Å²) in [6.45, 7) is 2.21. The third-order valence-corrected chi connectivity index (χ3v) is 9.95. The van der Waals surface area contributed by atoms with Crippen LogP contribution in [0.1, 0.15) is 19.2 Å². The van der Waals surface area contributed by atoms with Gasteiger partial charge in [0.15, 0.2) is 0 Å². The van der Waals surface area contributed by atoms with Crippen LogP contribution in [0.15, 0.2) is 176 Å². The molecule has 238 valence electrons. The van der Waals surface area contributed by atoms with E-state index in [0.717, 1.165) is 35.4 Å². The lowest BCUT2D eigenvalue weighted by Crippen LogP contribution is -2.01. The quantitative estimate of drug-likeness (QED) is 0.159. The second kappa shape index (κ2) is 12.7. The first-order valence-electron chi connectivity index (χ1n) is 17.5. The van der Waals surface area contributed by atoms with E-state index in [1.807, 2.05) is 0 Å². The Labute approximate surface area is 292 Å². The van der Waals surface area contributed by atoms with Gasteiger partial charge >= 0.3 is 0 Å². The average molecular weight is 641 g/mol. The average Bonchev–Trinajstić information content (AvgIpc) is 3.55. The molecule has 0 N–H and O–H groups in total. The van der Waals surface area contributed by atoms with E-state index in [0.29, 0.717) is 0 Å². The van der Waals surface area contributed by atoms with Crippen molar-refractivity contribution in [2.75, 3.05) is 0 Å². The smallest absolute Gasteiger partial charge is 0.114 e. The maximum atomic E-state index is 4.98. The van der Waals surface area contributed by atoms with E-state index >= 15 is 0 Å². The van der Waals surface area contributed by atoms with Gasteiger partial charge in [0.05, 0.1) is 11.0 Å². The maximum absolute atomic E-state index is 4.98. The molecule has 50 heavy (non-hydrogen) atoms. The molecule has 1 heterocycles. The lowest BCUT2D eigenvalue weighted by atomic mass is 9.85. The number of hydrogen-bond acceptors (Lipinski definition) is 1. The Hall–Kier alpha value is -6.25. The van der Waals surface area contributed by atoms with Crippen molar-refractivity contribution in [2.45, 2.75) is 19.8 Å². The van der Waals surface area contributed by atoms with Gasteiger partial charge in [0.1, 0.15) is 5.82 Å². The van der Waals surface area contributed by atoms with Gasteiger partial charge in [-0.2, -0.15) is 0 Å². The van der Waals surface area contributed by atoms with E-state index in [4.69, 9.17) is 4.98 Å². The highest BCUT2D eigenvalue weighted by Gasteiger charge is 2.17. The van der Waals surface area contributed by atoms with Crippen molar-refractivity contribution in [3.63, 3.8) is 0 Å². The minimum absolute atomic E-state index is 0.939. The molecule has 2 heteroatoms. The predicted octanol–water partition coefficient (Wildman–Crippen LogP) is 13.0. The second-order valence-electron chi connectivity index (χ2n) is 13.0. The molecule has 0 saturated carbocycles. The predicted molar refractivity (Wildman–Crippen MR) is 212 cm³/mol. The molecule has 0 saturated heterocycles. The first kappa shape index (κ1) is 29.9. The van der Waals surface area contributed by atoms with Crippen molar-refractivity contribution in [1.82, 2.24) is 9.55 Å². The zero-order chi connectivity index (χ0) is 33.4. The van der Waals surface area contributed by atoms with Crippen molar-refractivity contribution in [1.29, 1.82) is 0 Å². The van der Waals surface area contributed by atoms with Crippen LogP contribution >= 0.6 is 0 Å². The Morgan fingerprint density at radius 3 is 1.30 bits per heavy atom. The first-order valence-corrected chi connectivity index (χ1v) is 17.5. The maximum Gasteiger partial charge on any atom is 0.114 e. The van der Waals surface area contributed by atoms with Crippen molar-refractivity contribution >= 4 is 32.6 Å². The standard InChI is InChI=1S/C48H36N2/c1-2-12-46-49-44-19-10-11-20-45(44)50(46)39-31-29-38(30-32-39)48-42-17-8-6-15-40(42)47(41-16-7-9-18-43(41)48)37-27-25-36(26-28-37)35-23-21-34(22-24-35)33-13-4-3-5-14-33/h3-11,13-32H,2,12H2,1H3. The molecule has 0 amide bonds. The molecular weight excluding hydrogens is 605 g/mol. The highest BCUT2D eigenvalue weighted by Crippen LogP contribution is 2.44. The van der Waals surface area contributed by atoms with E-state index < -0.39 is 0 Å². The number of imidazole rings is 1. The Morgan fingerprint density at radius 1 is 0.400 bits per heavy atom. The highest BCUT2D eigenvalue weighted by atomic mass is 15.1. The lowest BCUT2D eigenvalue weighted by molar-refractivity contribution is 0.818. The van der Waals surface area contributed by atoms with Crippen LogP contribution in [0, 0.1) is 0 Å². The molecule has 0 aliphatic heterocycles. The van der Waals surface area contributed by atoms with Crippen LogP contribution in [0.5, 0.6) is 0 Å². The van der Waals surface area contributed by atoms with E-state index in [1.165, 1.54) is 66.1 Å². The zero-order valence-corrected chi connectivity index (χ0v) is 28.1. The molecule has 1 aromatic heterocycles. The zero-order valence-electron chi connectivity index (χ0n) is 28.1. The fourth-order valence-electron chi connectivity index (χ4n) is 7.60. The molecule has 0 radical (unpaired) electrons. The molecule has 0 fully saturated rings. The molecule has 0 aliphatic carbocycles. The SMILES string of the molecule is CCCc1nc2ccccc2n1-c1ccc(-c2c3ccccc3c(-c3ccc(-c4ccc(-c5ccccc5)cc4)cc3)c3ccccc23)cc1. The molecule has 9 aromatic rings. The van der Waals surface area contributed by atoms with Gasteiger partial charge in [0.2, 0.25) is 0 Å². The summed E-state index contributed by atoms with van der Waals surface area (Å²) in [6, 6.07) is 63.8. The van der Waals surface area contributed by atoms with Gasteiger partial charge in [-0.25, -0.2) is 4.98 Å². The summed E-state index contributed by atoms with van der Waals surface area (Å²) in [4.78, 5) is 4.98. The van der Waals surface area contributed by atoms with Gasteiger partial charge in [-0.3, -0.25) is 4.57 Å². The van der Waals surface area contributed by atoms with Crippen molar-refractivity contribution in [3.8, 4) is 50.2 Å². The number of aromatic nitrogens is 2. The number of fused-ring (bicyclic) bond motifs is 3. The normalized spacial score (nSPS) is 11.5. The highest BCUT2D eigenvalue weighted by molar-refractivity contribution is 6.21. The van der Waals surface area contributed by atoms with Crippen LogP contribution in [0.3, 0.4) is 0 Å². The Balaban J connectivity index is 1.13. The van der Waals surface area contributed by atoms with E-state index in [9.17, 15) is 0 Å². The van der Waals surface area contributed by atoms with Crippen LogP contribution in [-0.2, 0) is 6.42 Å². The summed E-state index contributed by atoms with van der Waals surface area (Å²) in [5, 5.41) is 5.04. The molecule has 0 spiro atoms. The molecule has 0 unspecified atom stereocenters. The molecule has 0 atom stereocenters. The van der Waals surface area contributed by atoms with Crippen LogP contribution < -0.4 is 0 Å². The molecule has 0 bridgehead atoms. The summed E-state index contributed by atoms with van der Waals surface area (Å²) < 4.78 is 2.32. The van der Waals surface area contributed by atoms with Gasteiger partial charge in [-0.05, 0) is 96.7 Å². The van der Waals surface area contributed by atoms with Crippen molar-refractivity contribution in [3.05, 3.63) is 182 Å². The van der Waals surface area contributed by atoms with Crippen LogP contribution in [-0.4, -0.2) is 9.55 Å². The van der Waals surface area contributed by atoms with E-state index in [2.05, 4.69) is 187 Å². The lowest BCUT2D eigenvalue weighted by Gasteiger charge is -2.18. The van der Waals surface area contributed by atoms with E-state index in [1.54, 1.807) is 0 Å². The topological polar surface area (TPSA) is 17.8 Å². The summed E-state index contributed by atoms with van der Waals surface area (Å²) in [7, 11) is 0. The minimum Gasteiger partial charge on any atom is -0.296 e. The van der Waals surface area contributed by atoms with Crippen LogP contribution in [0.2, 0.25) is 0 Å². The number of hydrogen-bond donors (Lipinski definition) is 0. The fraction of sp³-hybridized carbons (Fsp3) is 0.0625. The summed E-state index contributed by atoms with van der Waals surface area (Å²) >= 11 is 0. The molecule has 0 aliphatic rings. The third kappa shape index (κ3) is 5.17. The summed E-state index contributed by atoms with van der Waals surface area (Å²) in [6.07, 6.45) is 1.99. The molecular formula is C48H36N2. The van der Waals surface area contributed by atoms with Gasteiger partial charge in [-0.15, -0.1) is 0 Å². The van der Waals surface area contributed by atoms with E-state index in [-0.39, 0.29) is 0 Å². The van der Waals surface area contributed by atoms with Gasteiger partial charge in [-0.1, -0.05) is 159 Å². The fourth-order valence-corrected chi connectivity index (χ4v) is 7.60. The minimum atomic E-state index is 0.939. The number of para-hydroxylation sites is 2. The number of benzene rings is 8. The third-order valence-electron chi connectivity index (χ3n) is 9.95. The van der Waals surface area contributed by atoms with Crippen LogP contribution in [0.25, 0.3) is 82.8 Å². The second-order valence-corrected chi connectivity index (χ2v) is 13.0. The van der Waals surface area contributed by atoms with Gasteiger partial charge in [0, 0.05) is 12.1 Å². The van der Waals surface area contributed by atoms with Crippen molar-refractivity contribution in [2.24, 2.45) is 0 Å². The molecule has 8 aromatic carbocycles. The Morgan fingerprint density at radius 2 is 0.800 bits per heavy atom. The molecule has 2 nitrogen and oxygen atoms in total.